The Bertz CT molecular complexity index is 384. The quantitative estimate of drug-likeness (QED) is 0.800. The summed E-state index contributed by atoms with van der Waals surface area (Å²) in [6.45, 7) is 2.73. The van der Waals surface area contributed by atoms with Gasteiger partial charge in [0.05, 0.1) is 10.7 Å². The number of rotatable bonds is 5. The normalized spacial score (nSPS) is 14.4. The van der Waals surface area contributed by atoms with Crippen LogP contribution in [-0.4, -0.2) is 22.3 Å². The van der Waals surface area contributed by atoms with Crippen LogP contribution in [0.2, 0.25) is 5.02 Å². The Kier molecular flexibility index (Phi) is 5.09. The van der Waals surface area contributed by atoms with Crippen molar-refractivity contribution in [3.63, 3.8) is 0 Å². The van der Waals surface area contributed by atoms with Gasteiger partial charge in [0, 0.05) is 34.5 Å². The Balaban J connectivity index is 2.46. The highest BCUT2D eigenvalue weighted by Crippen LogP contribution is 2.23. The summed E-state index contributed by atoms with van der Waals surface area (Å²) in [7, 11) is -0.770. The monoisotopic (exact) mass is 260 g/mol. The first-order valence-electron chi connectivity index (χ1n) is 5.12. The highest BCUT2D eigenvalue weighted by Gasteiger charge is 2.06. The largest absolute Gasteiger partial charge is 0.399 e. The van der Waals surface area contributed by atoms with Crippen molar-refractivity contribution in [2.75, 3.05) is 23.9 Å². The van der Waals surface area contributed by atoms with Crippen LogP contribution in [0.1, 0.15) is 13.3 Å². The van der Waals surface area contributed by atoms with Gasteiger partial charge >= 0.3 is 0 Å². The molecule has 0 aliphatic carbocycles. The molecule has 1 rings (SSSR count). The van der Waals surface area contributed by atoms with Crippen molar-refractivity contribution in [2.45, 2.75) is 18.6 Å². The molecule has 90 valence electrons. The molecule has 2 atom stereocenters. The van der Waals surface area contributed by atoms with Crippen molar-refractivity contribution >= 4 is 33.8 Å². The maximum Gasteiger partial charge on any atom is 0.0657 e. The van der Waals surface area contributed by atoms with Crippen LogP contribution in [0.25, 0.3) is 0 Å². The summed E-state index contributed by atoms with van der Waals surface area (Å²) in [5.41, 5.74) is 7.11. The molecule has 3 N–H and O–H groups in total. The molecule has 0 aromatic heterocycles. The number of anilines is 2. The maximum absolute atomic E-state index is 11.1. The molecule has 0 bridgehead atoms. The van der Waals surface area contributed by atoms with Crippen LogP contribution in [0.3, 0.4) is 0 Å². The molecule has 3 nitrogen and oxygen atoms in total. The predicted molar refractivity (Wildman–Crippen MR) is 72.5 cm³/mol. The summed E-state index contributed by atoms with van der Waals surface area (Å²) in [5, 5.41) is 4.01. The van der Waals surface area contributed by atoms with E-state index >= 15 is 0 Å². The fraction of sp³-hybridized carbons (Fsp3) is 0.455. The summed E-state index contributed by atoms with van der Waals surface area (Å²) < 4.78 is 11.1. The lowest BCUT2D eigenvalue weighted by Crippen LogP contribution is -2.14. The van der Waals surface area contributed by atoms with Crippen molar-refractivity contribution in [3.05, 3.63) is 23.2 Å². The molecule has 0 fully saturated rings. The molecule has 0 aliphatic rings. The smallest absolute Gasteiger partial charge is 0.0657 e. The lowest BCUT2D eigenvalue weighted by atomic mass is 10.2. The molecule has 0 saturated heterocycles. The van der Waals surface area contributed by atoms with Gasteiger partial charge in [0.2, 0.25) is 0 Å². The van der Waals surface area contributed by atoms with Gasteiger partial charge in [0.15, 0.2) is 0 Å². The van der Waals surface area contributed by atoms with Crippen LogP contribution in [0, 0.1) is 0 Å². The molecule has 0 radical (unpaired) electrons. The van der Waals surface area contributed by atoms with E-state index in [-0.39, 0.29) is 5.25 Å². The van der Waals surface area contributed by atoms with E-state index in [0.717, 1.165) is 18.7 Å². The van der Waals surface area contributed by atoms with E-state index in [1.165, 1.54) is 0 Å². The van der Waals surface area contributed by atoms with Crippen LogP contribution >= 0.6 is 11.6 Å². The summed E-state index contributed by atoms with van der Waals surface area (Å²) >= 11 is 6.00. The Morgan fingerprint density at radius 1 is 1.56 bits per heavy atom. The van der Waals surface area contributed by atoms with Crippen LogP contribution in [-0.2, 0) is 10.8 Å². The number of nitrogens with two attached hydrogens (primary N) is 1. The number of hydrogen-bond donors (Lipinski definition) is 2. The highest BCUT2D eigenvalue weighted by molar-refractivity contribution is 7.84. The Hall–Kier alpha value is -0.740. The molecule has 2 unspecified atom stereocenters. The van der Waals surface area contributed by atoms with Gasteiger partial charge in [-0.3, -0.25) is 4.21 Å². The zero-order valence-electron chi connectivity index (χ0n) is 9.50. The van der Waals surface area contributed by atoms with Crippen LogP contribution in [0.15, 0.2) is 18.2 Å². The Labute approximate surface area is 104 Å². The molecule has 0 saturated carbocycles. The van der Waals surface area contributed by atoms with Crippen LogP contribution < -0.4 is 11.1 Å². The fourth-order valence-corrected chi connectivity index (χ4v) is 1.96. The highest BCUT2D eigenvalue weighted by atomic mass is 35.5. The van der Waals surface area contributed by atoms with Crippen molar-refractivity contribution in [2.24, 2.45) is 0 Å². The van der Waals surface area contributed by atoms with E-state index in [0.29, 0.717) is 10.7 Å². The minimum Gasteiger partial charge on any atom is -0.399 e. The average molecular weight is 261 g/mol. The van der Waals surface area contributed by atoms with Crippen LogP contribution in [0.5, 0.6) is 0 Å². The molecular formula is C11H17ClN2OS. The number of halogens is 1. The minimum atomic E-state index is -0.770. The second kappa shape index (κ2) is 6.11. The SMILES string of the molecule is CC(CCNc1ccc(N)cc1Cl)S(C)=O. The van der Waals surface area contributed by atoms with Crippen molar-refractivity contribution in [3.8, 4) is 0 Å². The number of benzene rings is 1. The molecule has 0 spiro atoms. The summed E-state index contributed by atoms with van der Waals surface area (Å²) in [6.07, 6.45) is 2.57. The second-order valence-corrected chi connectivity index (χ2v) is 5.97. The zero-order valence-corrected chi connectivity index (χ0v) is 11.1. The number of hydrogen-bond acceptors (Lipinski definition) is 3. The topological polar surface area (TPSA) is 55.1 Å². The van der Waals surface area contributed by atoms with Gasteiger partial charge in [-0.2, -0.15) is 0 Å². The Morgan fingerprint density at radius 3 is 2.81 bits per heavy atom. The molecule has 1 aromatic carbocycles. The van der Waals surface area contributed by atoms with E-state index in [1.807, 2.05) is 13.0 Å². The third-order valence-corrected chi connectivity index (χ3v) is 4.11. The molecule has 16 heavy (non-hydrogen) atoms. The molecule has 0 aliphatic heterocycles. The lowest BCUT2D eigenvalue weighted by molar-refractivity contribution is 0.672. The van der Waals surface area contributed by atoms with Gasteiger partial charge in [0.25, 0.3) is 0 Å². The van der Waals surface area contributed by atoms with E-state index in [4.69, 9.17) is 17.3 Å². The average Bonchev–Trinajstić information content (AvgIpc) is 2.20. The fourth-order valence-electron chi connectivity index (χ4n) is 1.25. The number of nitrogen functional groups attached to an aromatic ring is 1. The van der Waals surface area contributed by atoms with Gasteiger partial charge in [0.1, 0.15) is 0 Å². The van der Waals surface area contributed by atoms with Gasteiger partial charge in [-0.1, -0.05) is 18.5 Å². The Morgan fingerprint density at radius 2 is 2.25 bits per heavy atom. The third-order valence-electron chi connectivity index (χ3n) is 2.43. The standard InChI is InChI=1S/C11H17ClN2OS/c1-8(16(2)15)5-6-14-11-4-3-9(13)7-10(11)12/h3-4,7-8,14H,5-6,13H2,1-2H3. The first kappa shape index (κ1) is 13.3. The second-order valence-electron chi connectivity index (χ2n) is 3.76. The van der Waals surface area contributed by atoms with E-state index in [2.05, 4.69) is 5.32 Å². The van der Waals surface area contributed by atoms with Gasteiger partial charge < -0.3 is 11.1 Å². The summed E-state index contributed by atoms with van der Waals surface area (Å²) in [4.78, 5) is 0. The van der Waals surface area contributed by atoms with Gasteiger partial charge in [-0.25, -0.2) is 0 Å². The molecular weight excluding hydrogens is 244 g/mol. The van der Waals surface area contributed by atoms with Gasteiger partial charge in [-0.15, -0.1) is 0 Å². The minimum absolute atomic E-state index is 0.194. The number of nitrogens with one attached hydrogen (secondary N) is 1. The summed E-state index contributed by atoms with van der Waals surface area (Å²) in [6, 6.07) is 5.37. The van der Waals surface area contributed by atoms with Crippen molar-refractivity contribution < 1.29 is 4.21 Å². The van der Waals surface area contributed by atoms with Crippen molar-refractivity contribution in [1.29, 1.82) is 0 Å². The van der Waals surface area contributed by atoms with E-state index < -0.39 is 10.8 Å². The molecule has 5 heteroatoms. The van der Waals surface area contributed by atoms with Gasteiger partial charge in [-0.05, 0) is 24.6 Å². The van der Waals surface area contributed by atoms with E-state index in [1.54, 1.807) is 18.4 Å². The summed E-state index contributed by atoms with van der Waals surface area (Å²) in [5.74, 6) is 0. The predicted octanol–water partition coefficient (Wildman–Crippen LogP) is 2.49. The third kappa shape index (κ3) is 4.02. The molecule has 1 aromatic rings. The van der Waals surface area contributed by atoms with Crippen molar-refractivity contribution in [1.82, 2.24) is 0 Å². The zero-order chi connectivity index (χ0) is 12.1. The lowest BCUT2D eigenvalue weighted by Gasteiger charge is -2.11. The first-order valence-corrected chi connectivity index (χ1v) is 7.11. The van der Waals surface area contributed by atoms with E-state index in [9.17, 15) is 4.21 Å². The molecule has 0 amide bonds. The van der Waals surface area contributed by atoms with Crippen LogP contribution in [0.4, 0.5) is 11.4 Å². The molecule has 0 heterocycles. The maximum atomic E-state index is 11.1. The first-order chi connectivity index (χ1) is 7.50.